The SMILES string of the molecule is COc1ccc(C(C)NCC2CCCCO2)cc1. The smallest absolute Gasteiger partial charge is 0.118 e. The van der Waals surface area contributed by atoms with E-state index in [-0.39, 0.29) is 0 Å². The van der Waals surface area contributed by atoms with Crippen LogP contribution in [0.15, 0.2) is 24.3 Å². The van der Waals surface area contributed by atoms with E-state index in [1.54, 1.807) is 7.11 Å². The van der Waals surface area contributed by atoms with Crippen molar-refractivity contribution >= 4 is 0 Å². The van der Waals surface area contributed by atoms with Crippen LogP contribution in [0.3, 0.4) is 0 Å². The van der Waals surface area contributed by atoms with Crippen molar-refractivity contribution in [1.82, 2.24) is 5.32 Å². The first kappa shape index (κ1) is 13.4. The number of hydrogen-bond donors (Lipinski definition) is 1. The third-order valence-corrected chi connectivity index (χ3v) is 3.54. The lowest BCUT2D eigenvalue weighted by Crippen LogP contribution is -2.33. The predicted octanol–water partition coefficient (Wildman–Crippen LogP) is 2.91. The molecule has 1 aromatic carbocycles. The van der Waals surface area contributed by atoms with Gasteiger partial charge >= 0.3 is 0 Å². The van der Waals surface area contributed by atoms with Crippen LogP contribution in [-0.2, 0) is 4.74 Å². The van der Waals surface area contributed by atoms with Crippen LogP contribution in [0, 0.1) is 0 Å². The summed E-state index contributed by atoms with van der Waals surface area (Å²) in [7, 11) is 1.69. The molecule has 1 N–H and O–H groups in total. The Morgan fingerprint density at radius 3 is 2.72 bits per heavy atom. The van der Waals surface area contributed by atoms with Gasteiger partial charge in [0.2, 0.25) is 0 Å². The van der Waals surface area contributed by atoms with Crippen molar-refractivity contribution in [1.29, 1.82) is 0 Å². The molecule has 2 rings (SSSR count). The van der Waals surface area contributed by atoms with Crippen LogP contribution in [0.5, 0.6) is 5.75 Å². The highest BCUT2D eigenvalue weighted by Gasteiger charge is 2.14. The minimum Gasteiger partial charge on any atom is -0.497 e. The topological polar surface area (TPSA) is 30.5 Å². The van der Waals surface area contributed by atoms with Gasteiger partial charge in [-0.05, 0) is 43.9 Å². The molecule has 0 bridgehead atoms. The molecule has 0 amide bonds. The maximum atomic E-state index is 5.72. The summed E-state index contributed by atoms with van der Waals surface area (Å²) in [6.07, 6.45) is 4.08. The van der Waals surface area contributed by atoms with Crippen LogP contribution >= 0.6 is 0 Å². The quantitative estimate of drug-likeness (QED) is 0.870. The van der Waals surface area contributed by atoms with Crippen molar-refractivity contribution < 1.29 is 9.47 Å². The summed E-state index contributed by atoms with van der Waals surface area (Å²) in [5, 5.41) is 3.54. The highest BCUT2D eigenvalue weighted by molar-refractivity contribution is 5.28. The molecule has 0 aromatic heterocycles. The standard InChI is InChI=1S/C15H23NO2/c1-12(13-6-8-14(17-2)9-7-13)16-11-15-5-3-4-10-18-15/h6-9,12,15-16H,3-5,10-11H2,1-2H3. The second-order valence-electron chi connectivity index (χ2n) is 4.89. The monoisotopic (exact) mass is 249 g/mol. The van der Waals surface area contributed by atoms with Crippen molar-refractivity contribution in [3.63, 3.8) is 0 Å². The summed E-state index contributed by atoms with van der Waals surface area (Å²) in [6, 6.07) is 8.58. The number of rotatable bonds is 5. The van der Waals surface area contributed by atoms with E-state index in [1.807, 2.05) is 12.1 Å². The third kappa shape index (κ3) is 3.72. The van der Waals surface area contributed by atoms with Gasteiger partial charge in [0.05, 0.1) is 13.2 Å². The van der Waals surface area contributed by atoms with Crippen molar-refractivity contribution in [2.45, 2.75) is 38.3 Å². The zero-order chi connectivity index (χ0) is 12.8. The summed E-state index contributed by atoms with van der Waals surface area (Å²) in [6.45, 7) is 4.04. The summed E-state index contributed by atoms with van der Waals surface area (Å²) < 4.78 is 10.9. The van der Waals surface area contributed by atoms with E-state index < -0.39 is 0 Å². The van der Waals surface area contributed by atoms with E-state index >= 15 is 0 Å². The van der Waals surface area contributed by atoms with Gasteiger partial charge in [0.1, 0.15) is 5.75 Å². The van der Waals surface area contributed by atoms with E-state index in [4.69, 9.17) is 9.47 Å². The van der Waals surface area contributed by atoms with Crippen LogP contribution in [-0.4, -0.2) is 26.4 Å². The second kappa shape index (κ2) is 6.76. The zero-order valence-corrected chi connectivity index (χ0v) is 11.3. The molecule has 1 aromatic rings. The lowest BCUT2D eigenvalue weighted by molar-refractivity contribution is 0.0156. The number of methoxy groups -OCH3 is 1. The summed E-state index contributed by atoms with van der Waals surface area (Å²) in [5.41, 5.74) is 1.28. The molecular formula is C15H23NO2. The minimum atomic E-state index is 0.349. The largest absolute Gasteiger partial charge is 0.497 e. The Kier molecular flexibility index (Phi) is 5.02. The molecule has 100 valence electrons. The summed E-state index contributed by atoms with van der Waals surface area (Å²) in [5.74, 6) is 0.904. The van der Waals surface area contributed by atoms with Gasteiger partial charge in [0.15, 0.2) is 0 Å². The Morgan fingerprint density at radius 1 is 1.33 bits per heavy atom. The van der Waals surface area contributed by atoms with E-state index in [0.29, 0.717) is 12.1 Å². The normalized spacial score (nSPS) is 21.6. The Balaban J connectivity index is 1.80. The Labute approximate surface area is 109 Å². The summed E-state index contributed by atoms with van der Waals surface area (Å²) in [4.78, 5) is 0. The number of benzene rings is 1. The molecule has 0 spiro atoms. The van der Waals surface area contributed by atoms with E-state index in [9.17, 15) is 0 Å². The molecule has 0 aliphatic carbocycles. The molecule has 0 saturated carbocycles. The molecule has 0 radical (unpaired) electrons. The molecule has 1 saturated heterocycles. The Bertz CT molecular complexity index is 344. The molecule has 2 atom stereocenters. The molecule has 18 heavy (non-hydrogen) atoms. The van der Waals surface area contributed by atoms with Gasteiger partial charge in [-0.25, -0.2) is 0 Å². The van der Waals surface area contributed by atoms with Crippen molar-refractivity contribution in [2.75, 3.05) is 20.3 Å². The lowest BCUT2D eigenvalue weighted by Gasteiger charge is -2.25. The highest BCUT2D eigenvalue weighted by Crippen LogP contribution is 2.18. The first-order valence-corrected chi connectivity index (χ1v) is 6.78. The number of hydrogen-bond acceptors (Lipinski definition) is 3. The van der Waals surface area contributed by atoms with Crippen molar-refractivity contribution in [3.8, 4) is 5.75 Å². The summed E-state index contributed by atoms with van der Waals surface area (Å²) >= 11 is 0. The van der Waals surface area contributed by atoms with Crippen LogP contribution in [0.25, 0.3) is 0 Å². The van der Waals surface area contributed by atoms with E-state index in [0.717, 1.165) is 18.9 Å². The fraction of sp³-hybridized carbons (Fsp3) is 0.600. The number of ether oxygens (including phenoxy) is 2. The minimum absolute atomic E-state index is 0.349. The van der Waals surface area contributed by atoms with Gasteiger partial charge in [-0.15, -0.1) is 0 Å². The maximum absolute atomic E-state index is 5.72. The molecule has 3 heteroatoms. The molecule has 1 heterocycles. The van der Waals surface area contributed by atoms with Gasteiger partial charge < -0.3 is 14.8 Å². The number of nitrogens with one attached hydrogen (secondary N) is 1. The van der Waals surface area contributed by atoms with Crippen LogP contribution in [0.4, 0.5) is 0 Å². The highest BCUT2D eigenvalue weighted by atomic mass is 16.5. The van der Waals surface area contributed by atoms with Crippen molar-refractivity contribution in [2.24, 2.45) is 0 Å². The second-order valence-corrected chi connectivity index (χ2v) is 4.89. The molecular weight excluding hydrogens is 226 g/mol. The molecule has 2 unspecified atom stereocenters. The average Bonchev–Trinajstić information content (AvgIpc) is 2.46. The Hall–Kier alpha value is -1.06. The molecule has 3 nitrogen and oxygen atoms in total. The lowest BCUT2D eigenvalue weighted by atomic mass is 10.1. The molecule has 1 fully saturated rings. The van der Waals surface area contributed by atoms with Gasteiger partial charge in [-0.3, -0.25) is 0 Å². The van der Waals surface area contributed by atoms with Gasteiger partial charge in [0, 0.05) is 19.2 Å². The van der Waals surface area contributed by atoms with Gasteiger partial charge in [-0.2, -0.15) is 0 Å². The third-order valence-electron chi connectivity index (χ3n) is 3.54. The van der Waals surface area contributed by atoms with E-state index in [2.05, 4.69) is 24.4 Å². The van der Waals surface area contributed by atoms with Gasteiger partial charge in [0.25, 0.3) is 0 Å². The van der Waals surface area contributed by atoms with Crippen LogP contribution in [0.2, 0.25) is 0 Å². The van der Waals surface area contributed by atoms with E-state index in [1.165, 1.54) is 24.8 Å². The fourth-order valence-corrected chi connectivity index (χ4v) is 2.29. The maximum Gasteiger partial charge on any atom is 0.118 e. The molecule has 1 aliphatic rings. The van der Waals surface area contributed by atoms with Crippen molar-refractivity contribution in [3.05, 3.63) is 29.8 Å². The first-order chi connectivity index (χ1) is 8.79. The Morgan fingerprint density at radius 2 is 2.11 bits per heavy atom. The first-order valence-electron chi connectivity index (χ1n) is 6.78. The fourth-order valence-electron chi connectivity index (χ4n) is 2.29. The van der Waals surface area contributed by atoms with Crippen LogP contribution in [0.1, 0.15) is 37.8 Å². The predicted molar refractivity (Wildman–Crippen MR) is 73.0 cm³/mol. The van der Waals surface area contributed by atoms with Gasteiger partial charge in [-0.1, -0.05) is 12.1 Å². The molecule has 1 aliphatic heterocycles. The average molecular weight is 249 g/mol. The van der Waals surface area contributed by atoms with Crippen LogP contribution < -0.4 is 10.1 Å². The zero-order valence-electron chi connectivity index (χ0n) is 11.3.